The molecule has 0 aliphatic carbocycles. The molecule has 4 aromatic rings. The Morgan fingerprint density at radius 3 is 1.24 bits per heavy atom. The summed E-state index contributed by atoms with van der Waals surface area (Å²) in [6.07, 6.45) is 0. The monoisotopic (exact) mass is 448 g/mol. The van der Waals surface area contributed by atoms with E-state index in [-0.39, 0.29) is 12.1 Å². The van der Waals surface area contributed by atoms with Crippen molar-refractivity contribution in [1.29, 1.82) is 0 Å². The number of benzene rings is 4. The first kappa shape index (κ1) is 23.9. The summed E-state index contributed by atoms with van der Waals surface area (Å²) in [7, 11) is 0. The fourth-order valence-corrected chi connectivity index (χ4v) is 4.71. The van der Waals surface area contributed by atoms with E-state index >= 15 is 0 Å². The van der Waals surface area contributed by atoms with E-state index in [1.807, 2.05) is 0 Å². The largest absolute Gasteiger partial charge is 0.304 e. The summed E-state index contributed by atoms with van der Waals surface area (Å²) in [5.74, 6) is 0. The normalized spacial score (nSPS) is 12.9. The molecule has 0 saturated carbocycles. The van der Waals surface area contributed by atoms with Gasteiger partial charge in [-0.05, 0) is 61.1 Å². The lowest BCUT2D eigenvalue weighted by Gasteiger charge is -2.31. The van der Waals surface area contributed by atoms with Crippen LogP contribution in [0, 0.1) is 27.7 Å². The van der Waals surface area contributed by atoms with Crippen molar-refractivity contribution in [2.24, 2.45) is 0 Å². The summed E-state index contributed by atoms with van der Waals surface area (Å²) in [5, 5.41) is 7.82. The summed E-state index contributed by atoms with van der Waals surface area (Å²) in [5.41, 5.74) is 10.5. The van der Waals surface area contributed by atoms with Crippen LogP contribution in [0.2, 0.25) is 0 Å². The van der Waals surface area contributed by atoms with Crippen molar-refractivity contribution in [1.82, 2.24) is 10.6 Å². The first-order valence-corrected chi connectivity index (χ1v) is 12.2. The first-order valence-electron chi connectivity index (χ1n) is 12.2. The van der Waals surface area contributed by atoms with Gasteiger partial charge in [0.05, 0.1) is 12.1 Å². The second kappa shape index (κ2) is 11.3. The van der Waals surface area contributed by atoms with Gasteiger partial charge in [0, 0.05) is 13.1 Å². The van der Waals surface area contributed by atoms with E-state index < -0.39 is 0 Å². The van der Waals surface area contributed by atoms with E-state index in [9.17, 15) is 0 Å². The van der Waals surface area contributed by atoms with Crippen LogP contribution in [-0.4, -0.2) is 0 Å². The molecule has 0 spiro atoms. The molecule has 0 aliphatic rings. The lowest BCUT2D eigenvalue weighted by Crippen LogP contribution is -2.35. The van der Waals surface area contributed by atoms with Gasteiger partial charge in [-0.2, -0.15) is 0 Å². The number of rotatable bonds is 9. The predicted molar refractivity (Wildman–Crippen MR) is 144 cm³/mol. The van der Waals surface area contributed by atoms with Gasteiger partial charge >= 0.3 is 0 Å². The average Bonchev–Trinajstić information content (AvgIpc) is 2.84. The third-order valence-electron chi connectivity index (χ3n) is 6.67. The molecule has 0 heterocycles. The fraction of sp³-hybridized carbons (Fsp3) is 0.250. The second-order valence-electron chi connectivity index (χ2n) is 9.40. The molecule has 34 heavy (non-hydrogen) atoms. The van der Waals surface area contributed by atoms with Gasteiger partial charge in [-0.25, -0.2) is 0 Å². The van der Waals surface area contributed by atoms with Crippen LogP contribution >= 0.6 is 0 Å². The van der Waals surface area contributed by atoms with Crippen LogP contribution in [0.1, 0.15) is 56.6 Å². The summed E-state index contributed by atoms with van der Waals surface area (Å²) >= 11 is 0. The van der Waals surface area contributed by atoms with Crippen molar-refractivity contribution in [3.63, 3.8) is 0 Å². The zero-order valence-corrected chi connectivity index (χ0v) is 20.8. The molecule has 4 rings (SSSR count). The molecule has 0 fully saturated rings. The molecule has 0 amide bonds. The third-order valence-corrected chi connectivity index (χ3v) is 6.67. The Labute approximate surface area is 205 Å². The Morgan fingerprint density at radius 2 is 0.882 bits per heavy atom. The minimum Gasteiger partial charge on any atom is -0.304 e. The first-order chi connectivity index (χ1) is 16.5. The summed E-state index contributed by atoms with van der Waals surface area (Å²) in [4.78, 5) is 0. The van der Waals surface area contributed by atoms with E-state index in [1.54, 1.807) is 0 Å². The van der Waals surface area contributed by atoms with Gasteiger partial charge in [-0.1, -0.05) is 108 Å². The van der Waals surface area contributed by atoms with Crippen molar-refractivity contribution < 1.29 is 0 Å². The molecular weight excluding hydrogens is 412 g/mol. The minimum atomic E-state index is 0.120. The lowest BCUT2D eigenvalue weighted by molar-refractivity contribution is 0.380. The highest BCUT2D eigenvalue weighted by Crippen LogP contribution is 2.30. The van der Waals surface area contributed by atoms with Crippen molar-refractivity contribution in [3.8, 4) is 0 Å². The molecule has 0 aliphatic heterocycles. The topological polar surface area (TPSA) is 24.1 Å². The van der Waals surface area contributed by atoms with Gasteiger partial charge in [-0.15, -0.1) is 0 Å². The van der Waals surface area contributed by atoms with E-state index in [4.69, 9.17) is 0 Å². The molecule has 2 unspecified atom stereocenters. The zero-order chi connectivity index (χ0) is 23.9. The highest BCUT2D eigenvalue weighted by Gasteiger charge is 2.24. The highest BCUT2D eigenvalue weighted by atomic mass is 15.0. The number of hydrogen-bond acceptors (Lipinski definition) is 2. The smallest absolute Gasteiger partial charge is 0.0521 e. The molecule has 174 valence electrons. The predicted octanol–water partition coefficient (Wildman–Crippen LogP) is 7.28. The van der Waals surface area contributed by atoms with Crippen LogP contribution in [0.3, 0.4) is 0 Å². The Hall–Kier alpha value is -3.20. The van der Waals surface area contributed by atoms with Crippen LogP contribution in [0.4, 0.5) is 0 Å². The average molecular weight is 449 g/mol. The van der Waals surface area contributed by atoms with Crippen molar-refractivity contribution in [3.05, 3.63) is 142 Å². The van der Waals surface area contributed by atoms with Gasteiger partial charge in [0.25, 0.3) is 0 Å². The Kier molecular flexibility index (Phi) is 7.95. The maximum atomic E-state index is 3.91. The molecule has 0 bridgehead atoms. The molecule has 0 saturated heterocycles. The number of nitrogens with one attached hydrogen (secondary N) is 2. The van der Waals surface area contributed by atoms with Crippen LogP contribution in [0.25, 0.3) is 0 Å². The van der Waals surface area contributed by atoms with E-state index in [0.717, 1.165) is 13.1 Å². The Morgan fingerprint density at radius 1 is 0.500 bits per heavy atom. The quantitative estimate of drug-likeness (QED) is 0.281. The number of hydrogen-bond donors (Lipinski definition) is 2. The van der Waals surface area contributed by atoms with Crippen molar-refractivity contribution in [2.75, 3.05) is 0 Å². The SMILES string of the molecule is Cc1ccc(CNC(c2ccccc2)C(NCc2ccc(C)cc2C)c2ccccc2)c(C)c1. The fourth-order valence-electron chi connectivity index (χ4n) is 4.71. The molecule has 2 nitrogen and oxygen atoms in total. The lowest BCUT2D eigenvalue weighted by atomic mass is 9.92. The van der Waals surface area contributed by atoms with Crippen LogP contribution in [0.15, 0.2) is 97.1 Å². The maximum absolute atomic E-state index is 3.91. The van der Waals surface area contributed by atoms with E-state index in [0.29, 0.717) is 0 Å². The van der Waals surface area contributed by atoms with Gasteiger partial charge in [0.1, 0.15) is 0 Å². The van der Waals surface area contributed by atoms with Gasteiger partial charge < -0.3 is 10.6 Å². The zero-order valence-electron chi connectivity index (χ0n) is 20.8. The van der Waals surface area contributed by atoms with Crippen LogP contribution in [0.5, 0.6) is 0 Å². The minimum absolute atomic E-state index is 0.120. The Bertz CT molecular complexity index is 1100. The van der Waals surface area contributed by atoms with Gasteiger partial charge in [0.2, 0.25) is 0 Å². The Balaban J connectivity index is 1.65. The standard InChI is InChI=1S/C32H36N2/c1-23-15-17-29(25(3)19-23)21-33-31(27-11-7-5-8-12-27)32(28-13-9-6-10-14-28)34-22-30-18-16-24(2)20-26(30)4/h5-20,31-34H,21-22H2,1-4H3. The highest BCUT2D eigenvalue weighted by molar-refractivity contribution is 5.33. The van der Waals surface area contributed by atoms with Crippen LogP contribution in [-0.2, 0) is 13.1 Å². The maximum Gasteiger partial charge on any atom is 0.0521 e. The molecular formula is C32H36N2. The van der Waals surface area contributed by atoms with Crippen molar-refractivity contribution >= 4 is 0 Å². The molecule has 2 N–H and O–H groups in total. The second-order valence-corrected chi connectivity index (χ2v) is 9.40. The summed E-state index contributed by atoms with van der Waals surface area (Å²) in [6.45, 7) is 10.3. The molecule has 0 aromatic heterocycles. The van der Waals surface area contributed by atoms with Gasteiger partial charge in [-0.3, -0.25) is 0 Å². The molecule has 2 heteroatoms. The van der Waals surface area contributed by atoms with E-state index in [1.165, 1.54) is 44.5 Å². The summed E-state index contributed by atoms with van der Waals surface area (Å²) < 4.78 is 0. The molecule has 0 radical (unpaired) electrons. The van der Waals surface area contributed by atoms with Gasteiger partial charge in [0.15, 0.2) is 0 Å². The molecule has 4 aromatic carbocycles. The molecule has 2 atom stereocenters. The summed E-state index contributed by atoms with van der Waals surface area (Å²) in [6, 6.07) is 35.3. The third kappa shape index (κ3) is 6.02. The van der Waals surface area contributed by atoms with Crippen molar-refractivity contribution in [2.45, 2.75) is 52.9 Å². The van der Waals surface area contributed by atoms with E-state index in [2.05, 4.69) is 135 Å². The van der Waals surface area contributed by atoms with Crippen LogP contribution < -0.4 is 10.6 Å². The number of aryl methyl sites for hydroxylation is 4.